The lowest BCUT2D eigenvalue weighted by atomic mass is 9.78. The number of hydrogen-bond acceptors (Lipinski definition) is 3. The van der Waals surface area contributed by atoms with E-state index in [1.165, 1.54) is 19.3 Å². The summed E-state index contributed by atoms with van der Waals surface area (Å²) in [7, 11) is 1.86. The molecule has 1 saturated carbocycles. The Morgan fingerprint density at radius 1 is 1.38 bits per heavy atom. The molecular weight excluding hydrogens is 200 g/mol. The van der Waals surface area contributed by atoms with Gasteiger partial charge in [-0.05, 0) is 38.5 Å². The maximum absolute atomic E-state index is 6.12. The van der Waals surface area contributed by atoms with E-state index in [9.17, 15) is 0 Å². The highest BCUT2D eigenvalue weighted by Crippen LogP contribution is 2.37. The topological polar surface area (TPSA) is 38.5 Å². The van der Waals surface area contributed by atoms with Crippen molar-refractivity contribution in [1.82, 2.24) is 4.90 Å². The number of rotatable bonds is 3. The Kier molecular flexibility index (Phi) is 3.57. The summed E-state index contributed by atoms with van der Waals surface area (Å²) in [5, 5.41) is 0. The molecule has 2 rings (SSSR count). The van der Waals surface area contributed by atoms with E-state index in [1.54, 1.807) is 0 Å². The fourth-order valence-electron chi connectivity index (χ4n) is 3.06. The third-order valence-corrected chi connectivity index (χ3v) is 4.95. The van der Waals surface area contributed by atoms with Gasteiger partial charge in [-0.2, -0.15) is 0 Å². The molecule has 1 heterocycles. The van der Waals surface area contributed by atoms with E-state index in [0.717, 1.165) is 19.5 Å². The van der Waals surface area contributed by atoms with Crippen LogP contribution in [-0.2, 0) is 4.74 Å². The summed E-state index contributed by atoms with van der Waals surface area (Å²) < 4.78 is 5.71. The van der Waals surface area contributed by atoms with Gasteiger partial charge in [-0.3, -0.25) is 4.90 Å². The Labute approximate surface area is 99.3 Å². The number of nitrogens with zero attached hydrogens (tertiary/aromatic N) is 1. The maximum atomic E-state index is 6.12. The van der Waals surface area contributed by atoms with Gasteiger partial charge in [0.05, 0.1) is 5.60 Å². The minimum Gasteiger partial charge on any atom is -0.377 e. The maximum Gasteiger partial charge on any atom is 0.0805 e. The zero-order valence-corrected chi connectivity index (χ0v) is 10.9. The van der Waals surface area contributed by atoms with Gasteiger partial charge >= 0.3 is 0 Å². The fraction of sp³-hybridized carbons (Fsp3) is 1.00. The minimum absolute atomic E-state index is 0.162. The Morgan fingerprint density at radius 3 is 2.56 bits per heavy atom. The average Bonchev–Trinajstić information content (AvgIpc) is 2.23. The molecule has 3 heteroatoms. The van der Waals surface area contributed by atoms with Crippen molar-refractivity contribution in [3.8, 4) is 0 Å². The van der Waals surface area contributed by atoms with Gasteiger partial charge in [-0.15, -0.1) is 0 Å². The van der Waals surface area contributed by atoms with Crippen molar-refractivity contribution >= 4 is 0 Å². The lowest BCUT2D eigenvalue weighted by Crippen LogP contribution is -2.58. The number of piperidine rings is 1. The van der Waals surface area contributed by atoms with E-state index in [0.29, 0.717) is 18.0 Å². The van der Waals surface area contributed by atoms with Crippen molar-refractivity contribution in [3.05, 3.63) is 0 Å². The second-order valence-corrected chi connectivity index (χ2v) is 5.76. The Morgan fingerprint density at radius 2 is 2.06 bits per heavy atom. The Hall–Kier alpha value is -0.120. The number of methoxy groups -OCH3 is 1. The molecule has 2 N–H and O–H groups in total. The smallest absolute Gasteiger partial charge is 0.0805 e. The molecule has 0 aromatic heterocycles. The molecule has 1 aliphatic carbocycles. The van der Waals surface area contributed by atoms with Gasteiger partial charge < -0.3 is 10.5 Å². The van der Waals surface area contributed by atoms with Gasteiger partial charge in [0, 0.05) is 32.3 Å². The molecule has 2 fully saturated rings. The summed E-state index contributed by atoms with van der Waals surface area (Å²) in [6, 6.07) is 0.975. The molecule has 0 aromatic rings. The molecule has 2 aliphatic rings. The lowest BCUT2D eigenvalue weighted by Gasteiger charge is -2.49. The van der Waals surface area contributed by atoms with Crippen LogP contribution in [0.4, 0.5) is 0 Å². The van der Waals surface area contributed by atoms with Crippen LogP contribution in [-0.4, -0.2) is 42.8 Å². The highest BCUT2D eigenvalue weighted by atomic mass is 16.5. The molecule has 0 amide bonds. The number of hydrogen-bond donors (Lipinski definition) is 1. The third-order valence-electron chi connectivity index (χ3n) is 4.95. The first-order valence-electron chi connectivity index (χ1n) is 6.63. The molecule has 1 saturated heterocycles. The van der Waals surface area contributed by atoms with Crippen LogP contribution in [0, 0.1) is 5.92 Å². The van der Waals surface area contributed by atoms with E-state index in [1.807, 2.05) is 7.11 Å². The highest BCUT2D eigenvalue weighted by molar-refractivity contribution is 4.96. The van der Waals surface area contributed by atoms with Crippen LogP contribution in [0.25, 0.3) is 0 Å². The second-order valence-electron chi connectivity index (χ2n) is 5.76. The molecule has 1 aliphatic heterocycles. The van der Waals surface area contributed by atoms with Crippen molar-refractivity contribution in [2.75, 3.05) is 20.2 Å². The first-order chi connectivity index (χ1) is 7.58. The van der Waals surface area contributed by atoms with Crippen molar-refractivity contribution in [1.29, 1.82) is 0 Å². The molecule has 3 nitrogen and oxygen atoms in total. The predicted octanol–water partition coefficient (Wildman–Crippen LogP) is 1.61. The molecule has 3 atom stereocenters. The van der Waals surface area contributed by atoms with Crippen LogP contribution in [0.15, 0.2) is 0 Å². The van der Waals surface area contributed by atoms with Crippen LogP contribution >= 0.6 is 0 Å². The van der Waals surface area contributed by atoms with Gasteiger partial charge in [0.2, 0.25) is 0 Å². The summed E-state index contributed by atoms with van der Waals surface area (Å²) in [6.45, 7) is 6.83. The molecular formula is C13H26N2O. The van der Waals surface area contributed by atoms with Crippen LogP contribution in [0.5, 0.6) is 0 Å². The normalized spacial score (nSPS) is 39.4. The van der Waals surface area contributed by atoms with Gasteiger partial charge in [0.25, 0.3) is 0 Å². The van der Waals surface area contributed by atoms with Crippen LogP contribution in [0.2, 0.25) is 0 Å². The zero-order chi connectivity index (χ0) is 11.8. The Bertz CT molecular complexity index is 235. The first kappa shape index (κ1) is 12.3. The SMILES string of the molecule is COC1(CN2CCC(N)C(C)C2C)CCC1. The average molecular weight is 226 g/mol. The van der Waals surface area contributed by atoms with Crippen LogP contribution in [0.3, 0.4) is 0 Å². The highest BCUT2D eigenvalue weighted by Gasteiger charge is 2.41. The lowest BCUT2D eigenvalue weighted by molar-refractivity contribution is -0.104. The van der Waals surface area contributed by atoms with E-state index in [2.05, 4.69) is 18.7 Å². The molecule has 16 heavy (non-hydrogen) atoms. The van der Waals surface area contributed by atoms with Gasteiger partial charge in [-0.25, -0.2) is 0 Å². The van der Waals surface area contributed by atoms with Crippen molar-refractivity contribution in [2.24, 2.45) is 11.7 Å². The van der Waals surface area contributed by atoms with Crippen molar-refractivity contribution < 1.29 is 4.74 Å². The summed E-state index contributed by atoms with van der Waals surface area (Å²) in [4.78, 5) is 2.58. The van der Waals surface area contributed by atoms with E-state index in [4.69, 9.17) is 10.5 Å². The van der Waals surface area contributed by atoms with E-state index >= 15 is 0 Å². The summed E-state index contributed by atoms with van der Waals surface area (Å²) in [5.41, 5.74) is 6.28. The molecule has 3 unspecified atom stereocenters. The van der Waals surface area contributed by atoms with Crippen molar-refractivity contribution in [2.45, 2.75) is 57.2 Å². The fourth-order valence-corrected chi connectivity index (χ4v) is 3.06. The van der Waals surface area contributed by atoms with E-state index < -0.39 is 0 Å². The standard InChI is InChI=1S/C13H26N2O/c1-10-11(2)15(8-5-12(10)14)9-13(16-3)6-4-7-13/h10-12H,4-9,14H2,1-3H3. The molecule has 0 radical (unpaired) electrons. The first-order valence-corrected chi connectivity index (χ1v) is 6.63. The van der Waals surface area contributed by atoms with Gasteiger partial charge in [-0.1, -0.05) is 6.92 Å². The summed E-state index contributed by atoms with van der Waals surface area (Å²) >= 11 is 0. The van der Waals surface area contributed by atoms with Crippen LogP contribution in [0.1, 0.15) is 39.5 Å². The number of ether oxygens (including phenoxy) is 1. The van der Waals surface area contributed by atoms with Gasteiger partial charge in [0.1, 0.15) is 0 Å². The monoisotopic (exact) mass is 226 g/mol. The van der Waals surface area contributed by atoms with Crippen molar-refractivity contribution in [3.63, 3.8) is 0 Å². The van der Waals surface area contributed by atoms with Crippen LogP contribution < -0.4 is 5.73 Å². The van der Waals surface area contributed by atoms with E-state index in [-0.39, 0.29) is 5.60 Å². The largest absolute Gasteiger partial charge is 0.377 e. The molecule has 0 aromatic carbocycles. The number of likely N-dealkylation sites (tertiary alicyclic amines) is 1. The molecule has 0 spiro atoms. The predicted molar refractivity (Wildman–Crippen MR) is 66.4 cm³/mol. The number of nitrogens with two attached hydrogens (primary N) is 1. The molecule has 0 bridgehead atoms. The zero-order valence-electron chi connectivity index (χ0n) is 10.9. The third kappa shape index (κ3) is 2.13. The second kappa shape index (κ2) is 4.63. The minimum atomic E-state index is 0.162. The summed E-state index contributed by atoms with van der Waals surface area (Å²) in [6.07, 6.45) is 4.91. The summed E-state index contributed by atoms with van der Waals surface area (Å²) in [5.74, 6) is 0.600. The quantitative estimate of drug-likeness (QED) is 0.794. The Balaban J connectivity index is 1.94. The molecule has 94 valence electrons. The van der Waals surface area contributed by atoms with Gasteiger partial charge in [0.15, 0.2) is 0 Å².